The summed E-state index contributed by atoms with van der Waals surface area (Å²) in [6.07, 6.45) is 6.48. The van der Waals surface area contributed by atoms with Gasteiger partial charge in [0.1, 0.15) is 17.5 Å². The number of halogens is 2. The van der Waals surface area contributed by atoms with E-state index in [9.17, 15) is 9.18 Å². The molecule has 31 heavy (non-hydrogen) atoms. The van der Waals surface area contributed by atoms with Gasteiger partial charge in [-0.05, 0) is 43.1 Å². The number of carbonyl (C=O) groups excluding carboxylic acids is 1. The molecule has 1 atom stereocenters. The van der Waals surface area contributed by atoms with Crippen LogP contribution in [-0.2, 0) is 11.3 Å². The summed E-state index contributed by atoms with van der Waals surface area (Å²) in [6.45, 7) is 2.00. The molecular weight excluding hydrogens is 419 g/mol. The lowest BCUT2D eigenvalue weighted by Gasteiger charge is -2.21. The first kappa shape index (κ1) is 21.1. The summed E-state index contributed by atoms with van der Waals surface area (Å²) in [7, 11) is 0. The van der Waals surface area contributed by atoms with Gasteiger partial charge in [-0.1, -0.05) is 23.7 Å². The van der Waals surface area contributed by atoms with Crippen LogP contribution in [0.4, 0.5) is 16.0 Å². The molecule has 3 N–H and O–H groups in total. The Bertz CT molecular complexity index is 1070. The Morgan fingerprint density at radius 3 is 2.94 bits per heavy atom. The van der Waals surface area contributed by atoms with Crippen molar-refractivity contribution in [1.82, 2.24) is 20.3 Å². The lowest BCUT2D eigenvalue weighted by atomic mass is 9.99. The maximum Gasteiger partial charge on any atom is 0.229 e. The number of piperidine rings is 1. The minimum Gasteiger partial charge on any atom is -0.365 e. The number of hydrogen-bond donors (Lipinski definition) is 3. The van der Waals surface area contributed by atoms with Gasteiger partial charge in [-0.2, -0.15) is 0 Å². The second-order valence-electron chi connectivity index (χ2n) is 7.35. The topological polar surface area (TPSA) is 91.8 Å². The summed E-state index contributed by atoms with van der Waals surface area (Å²) in [5.74, 6) is 0.499. The minimum atomic E-state index is -0.290. The standard InChI is InChI=1S/C22H22ClFN6O/c23-18-11-28-20(30-22(31)15-4-2-6-25-10-15)8-17(18)19-12-26-13-21(29-19)27-9-14-3-1-5-16(24)7-14/h1,3,5,7-8,11-13,15,25H,2,4,6,9-10H2,(H,27,29)(H,28,30,31)/t15-/m0/s1. The zero-order valence-electron chi connectivity index (χ0n) is 16.7. The van der Waals surface area contributed by atoms with E-state index in [4.69, 9.17) is 11.6 Å². The lowest BCUT2D eigenvalue weighted by Crippen LogP contribution is -2.37. The number of amides is 1. The highest BCUT2D eigenvalue weighted by molar-refractivity contribution is 6.33. The third-order valence-electron chi connectivity index (χ3n) is 5.05. The van der Waals surface area contributed by atoms with Crippen LogP contribution in [0, 0.1) is 11.7 Å². The van der Waals surface area contributed by atoms with Gasteiger partial charge in [-0.3, -0.25) is 9.78 Å². The molecule has 0 bridgehead atoms. The third kappa shape index (κ3) is 5.53. The summed E-state index contributed by atoms with van der Waals surface area (Å²) in [5, 5.41) is 9.63. The highest BCUT2D eigenvalue weighted by atomic mass is 35.5. The van der Waals surface area contributed by atoms with Crippen LogP contribution in [0.5, 0.6) is 0 Å². The van der Waals surface area contributed by atoms with E-state index in [0.29, 0.717) is 41.0 Å². The van der Waals surface area contributed by atoms with Crippen molar-refractivity contribution in [1.29, 1.82) is 0 Å². The molecule has 1 saturated heterocycles. The van der Waals surface area contributed by atoms with Crippen LogP contribution in [0.15, 0.2) is 48.9 Å². The molecular formula is C22H22ClFN6O. The SMILES string of the molecule is O=C(Nc1cc(-c2cncc(NCc3cccc(F)c3)n2)c(Cl)cn1)[C@H]1CCCNC1. The van der Waals surface area contributed by atoms with Crippen molar-refractivity contribution in [3.8, 4) is 11.3 Å². The van der Waals surface area contributed by atoms with Crippen LogP contribution in [0.3, 0.4) is 0 Å². The molecule has 1 aliphatic rings. The van der Waals surface area contributed by atoms with Gasteiger partial charge in [0.2, 0.25) is 5.91 Å². The van der Waals surface area contributed by atoms with E-state index in [1.165, 1.54) is 18.3 Å². The summed E-state index contributed by atoms with van der Waals surface area (Å²) in [6, 6.07) is 8.03. The van der Waals surface area contributed by atoms with Crippen molar-refractivity contribution in [3.63, 3.8) is 0 Å². The molecule has 160 valence electrons. The quantitative estimate of drug-likeness (QED) is 0.538. The van der Waals surface area contributed by atoms with E-state index in [1.807, 2.05) is 6.07 Å². The Kier molecular flexibility index (Phi) is 6.69. The minimum absolute atomic E-state index is 0.0652. The van der Waals surface area contributed by atoms with Crippen molar-refractivity contribution in [2.45, 2.75) is 19.4 Å². The van der Waals surface area contributed by atoms with Gasteiger partial charge < -0.3 is 16.0 Å². The second-order valence-corrected chi connectivity index (χ2v) is 7.76. The van der Waals surface area contributed by atoms with E-state index in [0.717, 1.165) is 24.9 Å². The molecule has 0 saturated carbocycles. The summed E-state index contributed by atoms with van der Waals surface area (Å²) >= 11 is 6.34. The zero-order valence-corrected chi connectivity index (χ0v) is 17.5. The molecule has 3 aromatic rings. The number of benzene rings is 1. The van der Waals surface area contributed by atoms with Crippen LogP contribution in [0.2, 0.25) is 5.02 Å². The average molecular weight is 441 g/mol. The molecule has 0 radical (unpaired) electrons. The van der Waals surface area contributed by atoms with Gasteiger partial charge in [0.05, 0.1) is 29.0 Å². The summed E-state index contributed by atoms with van der Waals surface area (Å²) in [5.41, 5.74) is 1.93. The number of carbonyl (C=O) groups is 1. The number of pyridine rings is 1. The van der Waals surface area contributed by atoms with Crippen molar-refractivity contribution >= 4 is 29.1 Å². The Morgan fingerprint density at radius 2 is 2.13 bits per heavy atom. The van der Waals surface area contributed by atoms with E-state index >= 15 is 0 Å². The Balaban J connectivity index is 1.48. The fraction of sp³-hybridized carbons (Fsp3) is 0.273. The third-order valence-corrected chi connectivity index (χ3v) is 5.35. The molecule has 4 rings (SSSR count). The van der Waals surface area contributed by atoms with E-state index in [-0.39, 0.29) is 17.6 Å². The first-order valence-electron chi connectivity index (χ1n) is 10.1. The molecule has 9 heteroatoms. The van der Waals surface area contributed by atoms with Crippen molar-refractivity contribution < 1.29 is 9.18 Å². The average Bonchev–Trinajstić information content (AvgIpc) is 2.80. The molecule has 1 amide bonds. The van der Waals surface area contributed by atoms with Crippen molar-refractivity contribution in [2.75, 3.05) is 23.7 Å². The summed E-state index contributed by atoms with van der Waals surface area (Å²) in [4.78, 5) is 25.5. The molecule has 2 aromatic heterocycles. The molecule has 3 heterocycles. The smallest absolute Gasteiger partial charge is 0.229 e. The fourth-order valence-electron chi connectivity index (χ4n) is 3.43. The van der Waals surface area contributed by atoms with Crippen LogP contribution in [-0.4, -0.2) is 33.9 Å². The first-order valence-corrected chi connectivity index (χ1v) is 10.4. The molecule has 1 fully saturated rings. The predicted molar refractivity (Wildman–Crippen MR) is 118 cm³/mol. The number of hydrogen-bond acceptors (Lipinski definition) is 6. The number of aromatic nitrogens is 3. The largest absolute Gasteiger partial charge is 0.365 e. The number of rotatable bonds is 6. The Hall–Kier alpha value is -3.10. The summed E-state index contributed by atoms with van der Waals surface area (Å²) < 4.78 is 13.4. The maximum atomic E-state index is 13.4. The van der Waals surface area contributed by atoms with Gasteiger partial charge in [-0.25, -0.2) is 14.4 Å². The van der Waals surface area contributed by atoms with Gasteiger partial charge >= 0.3 is 0 Å². The van der Waals surface area contributed by atoms with E-state index < -0.39 is 0 Å². The number of nitrogens with zero attached hydrogens (tertiary/aromatic N) is 3. The van der Waals surface area contributed by atoms with Crippen molar-refractivity contribution in [3.05, 3.63) is 65.3 Å². The zero-order chi connectivity index (χ0) is 21.6. The Morgan fingerprint density at radius 1 is 1.23 bits per heavy atom. The monoisotopic (exact) mass is 440 g/mol. The van der Waals surface area contributed by atoms with Crippen LogP contribution in [0.1, 0.15) is 18.4 Å². The molecule has 0 aliphatic carbocycles. The predicted octanol–water partition coefficient (Wildman–Crippen LogP) is 3.88. The molecule has 0 spiro atoms. The normalized spacial score (nSPS) is 16.0. The second kappa shape index (κ2) is 9.80. The van der Waals surface area contributed by atoms with Crippen LogP contribution >= 0.6 is 11.6 Å². The molecule has 1 aliphatic heterocycles. The van der Waals surface area contributed by atoms with Crippen molar-refractivity contribution in [2.24, 2.45) is 5.92 Å². The fourth-order valence-corrected chi connectivity index (χ4v) is 3.63. The van der Waals surface area contributed by atoms with E-state index in [1.54, 1.807) is 24.5 Å². The molecule has 7 nitrogen and oxygen atoms in total. The maximum absolute atomic E-state index is 13.4. The highest BCUT2D eigenvalue weighted by Crippen LogP contribution is 2.28. The van der Waals surface area contributed by atoms with Gasteiger partial charge in [-0.15, -0.1) is 0 Å². The highest BCUT2D eigenvalue weighted by Gasteiger charge is 2.21. The number of nitrogens with one attached hydrogen (secondary N) is 3. The molecule has 0 unspecified atom stereocenters. The Labute approximate surface area is 184 Å². The number of anilines is 2. The van der Waals surface area contributed by atoms with Gasteiger partial charge in [0, 0.05) is 24.8 Å². The first-order chi connectivity index (χ1) is 15.1. The van der Waals surface area contributed by atoms with Gasteiger partial charge in [0.15, 0.2) is 0 Å². The van der Waals surface area contributed by atoms with E-state index in [2.05, 4.69) is 30.9 Å². The lowest BCUT2D eigenvalue weighted by molar-refractivity contribution is -0.120. The van der Waals surface area contributed by atoms with Crippen LogP contribution in [0.25, 0.3) is 11.3 Å². The van der Waals surface area contributed by atoms with Gasteiger partial charge in [0.25, 0.3) is 0 Å². The molecule has 1 aromatic carbocycles. The van der Waals surface area contributed by atoms with Crippen LogP contribution < -0.4 is 16.0 Å².